The Morgan fingerprint density at radius 1 is 0.646 bits per heavy atom. The molecule has 0 saturated carbocycles. The van der Waals surface area contributed by atoms with Crippen LogP contribution in [-0.2, 0) is 28.6 Å². The largest absolute Gasteiger partial charge is 0.378 e. The molecule has 2 aromatic rings. The van der Waals surface area contributed by atoms with Crippen LogP contribution >= 0.6 is 0 Å². The van der Waals surface area contributed by atoms with Crippen LogP contribution in [0.5, 0.6) is 0 Å². The van der Waals surface area contributed by atoms with E-state index < -0.39 is 11.4 Å². The Labute approximate surface area is 286 Å². The van der Waals surface area contributed by atoms with Gasteiger partial charge in [-0.25, -0.2) is 0 Å². The number of carbonyl (C=O) groups excluding carboxylic acids is 5. The normalized spacial score (nSPS) is 11.8. The molecule has 0 atom stereocenters. The van der Waals surface area contributed by atoms with Gasteiger partial charge < -0.3 is 19.5 Å². The van der Waals surface area contributed by atoms with Gasteiger partial charge in [-0.05, 0) is 24.3 Å². The molecule has 0 aliphatic carbocycles. The van der Waals surface area contributed by atoms with Crippen molar-refractivity contribution < 1.29 is 39.6 Å². The fourth-order valence-corrected chi connectivity index (χ4v) is 4.45. The van der Waals surface area contributed by atoms with E-state index in [1.807, 2.05) is 55.4 Å². The maximum atomic E-state index is 13.6. The average molecular weight is 670 g/mol. The molecule has 0 aliphatic heterocycles. The molecule has 2 heterocycles. The van der Waals surface area contributed by atoms with E-state index in [1.54, 1.807) is 24.3 Å². The first-order valence-electron chi connectivity index (χ1n) is 16.8. The monoisotopic (exact) mass is 669 g/mol. The standard InChI is InChI=1S/C37H53N3O8.H2/c1-24(2)32(41)13-16-46-21-37(22-47-17-14-33(42)25(3)4,23-48-18-15-34(43)26(5)6)40-36(45)31-12-9-28(19-39-31)30-11-10-29(20-38-30)35(44)27(7)8;/h9-12,19-20,24-27H,13-18,21-23H2,1-8H3,(H,40,45);1H. The average Bonchev–Trinajstić information content (AvgIpc) is 3.06. The molecule has 0 fully saturated rings. The van der Waals surface area contributed by atoms with Gasteiger partial charge in [-0.15, -0.1) is 0 Å². The van der Waals surface area contributed by atoms with Crippen LogP contribution < -0.4 is 5.32 Å². The van der Waals surface area contributed by atoms with Crippen molar-refractivity contribution in [1.29, 1.82) is 0 Å². The Balaban J connectivity index is 0.0000120. The molecule has 48 heavy (non-hydrogen) atoms. The number of aromatic nitrogens is 2. The molecule has 266 valence electrons. The zero-order valence-corrected chi connectivity index (χ0v) is 29.8. The second-order valence-electron chi connectivity index (χ2n) is 13.4. The van der Waals surface area contributed by atoms with Gasteiger partial charge in [0.2, 0.25) is 0 Å². The lowest BCUT2D eigenvalue weighted by atomic mass is 10.0. The van der Waals surface area contributed by atoms with Crippen LogP contribution in [0.2, 0.25) is 0 Å². The predicted octanol–water partition coefficient (Wildman–Crippen LogP) is 5.59. The van der Waals surface area contributed by atoms with Crippen LogP contribution in [0.4, 0.5) is 0 Å². The maximum absolute atomic E-state index is 13.6. The van der Waals surface area contributed by atoms with E-state index in [-0.39, 0.29) is 113 Å². The Morgan fingerprint density at radius 2 is 1.12 bits per heavy atom. The van der Waals surface area contributed by atoms with Gasteiger partial charge in [-0.3, -0.25) is 33.9 Å². The van der Waals surface area contributed by atoms with Crippen molar-refractivity contribution in [1.82, 2.24) is 15.3 Å². The summed E-state index contributed by atoms with van der Waals surface area (Å²) in [4.78, 5) is 71.3. The summed E-state index contributed by atoms with van der Waals surface area (Å²) in [6, 6.07) is 6.74. The number of carbonyl (C=O) groups is 5. The van der Waals surface area contributed by atoms with Crippen LogP contribution in [0, 0.1) is 23.7 Å². The highest BCUT2D eigenvalue weighted by Crippen LogP contribution is 2.19. The van der Waals surface area contributed by atoms with Crippen LogP contribution in [0.15, 0.2) is 36.7 Å². The molecule has 0 radical (unpaired) electrons. The van der Waals surface area contributed by atoms with Gasteiger partial charge in [0.05, 0.1) is 45.3 Å². The minimum absolute atomic E-state index is 0. The van der Waals surface area contributed by atoms with Crippen molar-refractivity contribution in [2.24, 2.45) is 23.7 Å². The Bertz CT molecular complexity index is 1290. The number of nitrogens with zero attached hydrogens (tertiary/aromatic N) is 2. The highest BCUT2D eigenvalue weighted by molar-refractivity contribution is 5.97. The van der Waals surface area contributed by atoms with E-state index in [0.717, 1.165) is 0 Å². The van der Waals surface area contributed by atoms with Gasteiger partial charge in [0.15, 0.2) is 5.78 Å². The van der Waals surface area contributed by atoms with Gasteiger partial charge >= 0.3 is 0 Å². The highest BCUT2D eigenvalue weighted by Gasteiger charge is 2.35. The molecule has 0 bridgehead atoms. The molecular formula is C37H55N3O8. The summed E-state index contributed by atoms with van der Waals surface area (Å²) >= 11 is 0. The Hall–Kier alpha value is -3.67. The van der Waals surface area contributed by atoms with Crippen LogP contribution in [-0.4, -0.2) is 84.2 Å². The summed E-state index contributed by atoms with van der Waals surface area (Å²) in [6.07, 6.45) is 3.68. The van der Waals surface area contributed by atoms with E-state index in [0.29, 0.717) is 16.8 Å². The topological polar surface area (TPSA) is 151 Å². The molecule has 1 amide bonds. The number of hydrogen-bond acceptors (Lipinski definition) is 10. The fraction of sp³-hybridized carbons (Fsp3) is 0.595. The molecule has 2 aromatic heterocycles. The first kappa shape index (κ1) is 40.5. The third-order valence-electron chi connectivity index (χ3n) is 7.79. The number of amides is 1. The Kier molecular flexibility index (Phi) is 16.9. The van der Waals surface area contributed by atoms with Crippen molar-refractivity contribution in [3.63, 3.8) is 0 Å². The molecule has 0 saturated heterocycles. The zero-order valence-electron chi connectivity index (χ0n) is 29.8. The van der Waals surface area contributed by atoms with Crippen molar-refractivity contribution in [2.75, 3.05) is 39.6 Å². The van der Waals surface area contributed by atoms with Crippen molar-refractivity contribution in [2.45, 2.75) is 80.2 Å². The summed E-state index contributed by atoms with van der Waals surface area (Å²) < 4.78 is 17.8. The SMILES string of the molecule is CC(C)C(=O)CCOCC(COCCC(=O)C(C)C)(COCCC(=O)C(C)C)NC(=O)c1ccc(-c2ccc(C(=O)C(C)C)cn2)cn1.[HH]. The number of ether oxygens (including phenoxy) is 3. The Morgan fingerprint density at radius 3 is 1.48 bits per heavy atom. The summed E-state index contributed by atoms with van der Waals surface area (Å²) in [7, 11) is 0. The number of nitrogens with one attached hydrogen (secondary N) is 1. The number of rotatable bonds is 23. The summed E-state index contributed by atoms with van der Waals surface area (Å²) in [5.74, 6) is -0.895. The number of ketones is 4. The minimum Gasteiger partial charge on any atom is -0.378 e. The zero-order chi connectivity index (χ0) is 35.9. The van der Waals surface area contributed by atoms with Crippen molar-refractivity contribution >= 4 is 29.0 Å². The molecule has 0 aliphatic rings. The van der Waals surface area contributed by atoms with Crippen LogP contribution in [0.3, 0.4) is 0 Å². The van der Waals surface area contributed by atoms with E-state index in [2.05, 4.69) is 15.3 Å². The summed E-state index contributed by atoms with van der Waals surface area (Å²) in [5.41, 5.74) is 0.685. The van der Waals surface area contributed by atoms with Gasteiger partial charge in [0.25, 0.3) is 5.91 Å². The van der Waals surface area contributed by atoms with Crippen LogP contribution in [0.1, 0.15) is 96.9 Å². The molecule has 1 N–H and O–H groups in total. The molecule has 0 aromatic carbocycles. The van der Waals surface area contributed by atoms with Gasteiger partial charge in [-0.2, -0.15) is 0 Å². The number of pyridine rings is 2. The smallest absolute Gasteiger partial charge is 0.270 e. The van der Waals surface area contributed by atoms with E-state index >= 15 is 0 Å². The molecule has 11 nitrogen and oxygen atoms in total. The first-order chi connectivity index (χ1) is 22.7. The molecule has 0 unspecified atom stereocenters. The minimum atomic E-state index is -1.22. The number of hydrogen-bond donors (Lipinski definition) is 1. The van der Waals surface area contributed by atoms with Gasteiger partial charge in [0, 0.05) is 67.9 Å². The van der Waals surface area contributed by atoms with Crippen LogP contribution in [0.25, 0.3) is 11.3 Å². The second kappa shape index (κ2) is 20.0. The lowest BCUT2D eigenvalue weighted by Gasteiger charge is -2.34. The summed E-state index contributed by atoms with van der Waals surface area (Å²) in [6.45, 7) is 14.8. The molecule has 2 rings (SSSR count). The van der Waals surface area contributed by atoms with Crippen molar-refractivity contribution in [3.05, 3.63) is 47.9 Å². The quantitative estimate of drug-likeness (QED) is 0.117. The number of Topliss-reactive ketones (excluding diaryl/α,β-unsaturated/α-hetero) is 4. The molecule has 11 heteroatoms. The predicted molar refractivity (Wildman–Crippen MR) is 185 cm³/mol. The van der Waals surface area contributed by atoms with Gasteiger partial charge in [-0.1, -0.05) is 55.4 Å². The summed E-state index contributed by atoms with van der Waals surface area (Å²) in [5, 5.41) is 2.98. The van der Waals surface area contributed by atoms with E-state index in [1.165, 1.54) is 12.4 Å². The molecular weight excluding hydrogens is 614 g/mol. The third-order valence-corrected chi connectivity index (χ3v) is 7.79. The third kappa shape index (κ3) is 13.4. The first-order valence-corrected chi connectivity index (χ1v) is 16.8. The highest BCUT2D eigenvalue weighted by atomic mass is 16.5. The lowest BCUT2D eigenvalue weighted by molar-refractivity contribution is -0.123. The maximum Gasteiger partial charge on any atom is 0.270 e. The van der Waals surface area contributed by atoms with E-state index in [9.17, 15) is 24.0 Å². The fourth-order valence-electron chi connectivity index (χ4n) is 4.45. The van der Waals surface area contributed by atoms with E-state index in [4.69, 9.17) is 14.2 Å². The molecule has 0 spiro atoms. The van der Waals surface area contributed by atoms with Gasteiger partial charge in [0.1, 0.15) is 28.6 Å². The lowest BCUT2D eigenvalue weighted by Crippen LogP contribution is -2.59. The second-order valence-corrected chi connectivity index (χ2v) is 13.4. The van der Waals surface area contributed by atoms with Crippen molar-refractivity contribution in [3.8, 4) is 11.3 Å².